The Balaban J connectivity index is 2.77. The van der Waals surface area contributed by atoms with Crippen molar-refractivity contribution >= 4 is 10.8 Å². The minimum absolute atomic E-state index is 0.249. The van der Waals surface area contributed by atoms with Crippen molar-refractivity contribution in [3.63, 3.8) is 0 Å². The minimum Gasteiger partial charge on any atom is -0.377 e. The van der Waals surface area contributed by atoms with Crippen molar-refractivity contribution in [3.8, 4) is 0 Å². The Bertz CT molecular complexity index is 323. The van der Waals surface area contributed by atoms with Gasteiger partial charge >= 0.3 is 0 Å². The highest BCUT2D eigenvalue weighted by Gasteiger charge is 2.28. The van der Waals surface area contributed by atoms with Crippen LogP contribution in [0, 0.1) is 0 Å². The molecular formula is C13H20O2S. The average molecular weight is 240 g/mol. The first-order valence-corrected chi connectivity index (χ1v) is 6.98. The minimum atomic E-state index is -0.977. The van der Waals surface area contributed by atoms with Crippen LogP contribution in [0.4, 0.5) is 0 Å². The second kappa shape index (κ2) is 6.16. The van der Waals surface area contributed by atoms with Crippen LogP contribution in [-0.4, -0.2) is 22.7 Å². The summed E-state index contributed by atoms with van der Waals surface area (Å²) in [7, 11) is 0.726. The first kappa shape index (κ1) is 13.4. The molecule has 1 aromatic carbocycles. The predicted molar refractivity (Wildman–Crippen MR) is 68.0 cm³/mol. The van der Waals surface area contributed by atoms with E-state index >= 15 is 0 Å². The van der Waals surface area contributed by atoms with Gasteiger partial charge in [0.15, 0.2) is 0 Å². The molecule has 1 rings (SSSR count). The first-order valence-electron chi connectivity index (χ1n) is 5.66. The molecule has 0 aliphatic heterocycles. The van der Waals surface area contributed by atoms with Gasteiger partial charge in [-0.3, -0.25) is 4.21 Å². The third kappa shape index (κ3) is 3.16. The van der Waals surface area contributed by atoms with Gasteiger partial charge in [-0.2, -0.15) is 0 Å². The second-order valence-corrected chi connectivity index (χ2v) is 5.35. The van der Waals surface area contributed by atoms with Gasteiger partial charge in [-0.25, -0.2) is 0 Å². The third-order valence-electron chi connectivity index (χ3n) is 3.12. The molecule has 0 aliphatic rings. The molecule has 1 unspecified atom stereocenters. The maximum Gasteiger partial charge on any atom is 0.0791 e. The Morgan fingerprint density at radius 3 is 2.19 bits per heavy atom. The molecule has 0 radical (unpaired) electrons. The lowest BCUT2D eigenvalue weighted by molar-refractivity contribution is 0.00343. The van der Waals surface area contributed by atoms with Crippen LogP contribution in [0.15, 0.2) is 35.2 Å². The molecule has 0 fully saturated rings. The molecule has 0 aliphatic carbocycles. The SMILES string of the molecule is CCC(CC)(CS(=O)c1ccccc1)OC. The molecule has 0 bridgehead atoms. The molecule has 0 N–H and O–H groups in total. The van der Waals surface area contributed by atoms with Gasteiger partial charge in [-0.1, -0.05) is 32.0 Å². The van der Waals surface area contributed by atoms with Crippen molar-refractivity contribution in [2.24, 2.45) is 0 Å². The van der Waals surface area contributed by atoms with Crippen molar-refractivity contribution in [3.05, 3.63) is 30.3 Å². The van der Waals surface area contributed by atoms with Crippen LogP contribution >= 0.6 is 0 Å². The molecule has 0 spiro atoms. The molecule has 0 heterocycles. The smallest absolute Gasteiger partial charge is 0.0791 e. The Morgan fingerprint density at radius 2 is 1.75 bits per heavy atom. The van der Waals surface area contributed by atoms with E-state index in [2.05, 4.69) is 13.8 Å². The predicted octanol–water partition coefficient (Wildman–Crippen LogP) is 3.00. The summed E-state index contributed by atoms with van der Waals surface area (Å²) < 4.78 is 17.7. The Morgan fingerprint density at radius 1 is 1.19 bits per heavy atom. The van der Waals surface area contributed by atoms with Gasteiger partial charge in [0, 0.05) is 12.0 Å². The van der Waals surface area contributed by atoms with Gasteiger partial charge in [0.2, 0.25) is 0 Å². The van der Waals surface area contributed by atoms with Crippen LogP contribution in [0.1, 0.15) is 26.7 Å². The van der Waals surface area contributed by atoms with Crippen LogP contribution in [0.25, 0.3) is 0 Å². The summed E-state index contributed by atoms with van der Waals surface area (Å²) in [6.07, 6.45) is 1.77. The fourth-order valence-electron chi connectivity index (χ4n) is 1.70. The molecule has 0 amide bonds. The molecule has 0 aromatic heterocycles. The highest BCUT2D eigenvalue weighted by atomic mass is 32.2. The normalized spacial score (nSPS) is 13.7. The van der Waals surface area contributed by atoms with E-state index in [4.69, 9.17) is 4.74 Å². The lowest BCUT2D eigenvalue weighted by Crippen LogP contribution is -2.36. The van der Waals surface area contributed by atoms with E-state index in [1.807, 2.05) is 30.3 Å². The van der Waals surface area contributed by atoms with Crippen molar-refractivity contribution in [1.29, 1.82) is 0 Å². The zero-order valence-electron chi connectivity index (χ0n) is 10.2. The highest BCUT2D eigenvalue weighted by molar-refractivity contribution is 7.85. The standard InChI is InChI=1S/C13H20O2S/c1-4-13(5-2,15-3)11-16(14)12-9-7-6-8-10-12/h6-10H,4-5,11H2,1-3H3. The molecular weight excluding hydrogens is 220 g/mol. The summed E-state index contributed by atoms with van der Waals surface area (Å²) in [4.78, 5) is 0.880. The Labute approximate surface area is 100 Å². The lowest BCUT2D eigenvalue weighted by atomic mass is 10.0. The zero-order valence-corrected chi connectivity index (χ0v) is 11.0. The van der Waals surface area contributed by atoms with E-state index in [1.165, 1.54) is 0 Å². The first-order chi connectivity index (χ1) is 7.67. The van der Waals surface area contributed by atoms with E-state index in [1.54, 1.807) is 7.11 Å². The highest BCUT2D eigenvalue weighted by Crippen LogP contribution is 2.23. The average Bonchev–Trinajstić information content (AvgIpc) is 2.37. The van der Waals surface area contributed by atoms with Gasteiger partial charge in [0.25, 0.3) is 0 Å². The second-order valence-electron chi connectivity index (χ2n) is 3.90. The largest absolute Gasteiger partial charge is 0.377 e. The van der Waals surface area contributed by atoms with Crippen molar-refractivity contribution in [1.82, 2.24) is 0 Å². The van der Waals surface area contributed by atoms with Crippen LogP contribution in [0.3, 0.4) is 0 Å². The van der Waals surface area contributed by atoms with Crippen molar-refractivity contribution in [2.75, 3.05) is 12.9 Å². The summed E-state index contributed by atoms with van der Waals surface area (Å²) in [6, 6.07) is 9.58. The van der Waals surface area contributed by atoms with E-state index < -0.39 is 10.8 Å². The van der Waals surface area contributed by atoms with Gasteiger partial charge < -0.3 is 4.74 Å². The molecule has 0 saturated carbocycles. The summed E-state index contributed by atoms with van der Waals surface area (Å²) >= 11 is 0. The van der Waals surface area contributed by atoms with Gasteiger partial charge in [-0.15, -0.1) is 0 Å². The fourth-order valence-corrected chi connectivity index (χ4v) is 3.33. The van der Waals surface area contributed by atoms with Crippen molar-refractivity contribution in [2.45, 2.75) is 37.2 Å². The number of hydrogen-bond acceptors (Lipinski definition) is 2. The van der Waals surface area contributed by atoms with E-state index in [9.17, 15) is 4.21 Å². The number of benzene rings is 1. The molecule has 1 atom stereocenters. The number of methoxy groups -OCH3 is 1. The van der Waals surface area contributed by atoms with Crippen LogP contribution in [0.5, 0.6) is 0 Å². The third-order valence-corrected chi connectivity index (χ3v) is 4.71. The summed E-state index contributed by atoms with van der Waals surface area (Å²) in [5.74, 6) is 0.570. The Kier molecular flexibility index (Phi) is 5.16. The zero-order chi connectivity index (χ0) is 12.0. The summed E-state index contributed by atoms with van der Waals surface area (Å²) in [5, 5.41) is 0. The van der Waals surface area contributed by atoms with Gasteiger partial charge in [-0.05, 0) is 25.0 Å². The molecule has 16 heavy (non-hydrogen) atoms. The summed E-state index contributed by atoms with van der Waals surface area (Å²) in [5.41, 5.74) is -0.249. The molecule has 90 valence electrons. The molecule has 3 heteroatoms. The number of hydrogen-bond donors (Lipinski definition) is 0. The van der Waals surface area contributed by atoms with Crippen LogP contribution in [-0.2, 0) is 15.5 Å². The molecule has 0 saturated heterocycles. The fraction of sp³-hybridized carbons (Fsp3) is 0.538. The summed E-state index contributed by atoms with van der Waals surface area (Å²) in [6.45, 7) is 4.16. The maximum atomic E-state index is 12.2. The monoisotopic (exact) mass is 240 g/mol. The molecule has 2 nitrogen and oxygen atoms in total. The molecule has 1 aromatic rings. The lowest BCUT2D eigenvalue weighted by Gasteiger charge is -2.29. The number of ether oxygens (including phenoxy) is 1. The topological polar surface area (TPSA) is 26.3 Å². The van der Waals surface area contributed by atoms with Crippen LogP contribution < -0.4 is 0 Å². The maximum absolute atomic E-state index is 12.2. The van der Waals surface area contributed by atoms with E-state index in [0.29, 0.717) is 5.75 Å². The Hall–Kier alpha value is -0.670. The van der Waals surface area contributed by atoms with E-state index in [-0.39, 0.29) is 5.60 Å². The van der Waals surface area contributed by atoms with Gasteiger partial charge in [0.1, 0.15) is 0 Å². The van der Waals surface area contributed by atoms with Gasteiger partial charge in [0.05, 0.1) is 22.2 Å². The van der Waals surface area contributed by atoms with Crippen molar-refractivity contribution < 1.29 is 8.95 Å². The quantitative estimate of drug-likeness (QED) is 0.764. The van der Waals surface area contributed by atoms with E-state index in [0.717, 1.165) is 17.7 Å². The van der Waals surface area contributed by atoms with Crippen LogP contribution in [0.2, 0.25) is 0 Å². The number of rotatable bonds is 6.